The lowest BCUT2D eigenvalue weighted by Crippen LogP contribution is -2.46. The minimum atomic E-state index is -4.99. The number of amides is 2. The van der Waals surface area contributed by atoms with Gasteiger partial charge in [-0.05, 0) is 12.0 Å². The molecule has 22 heavy (non-hydrogen) atoms. The Bertz CT molecular complexity index is 506. The minimum Gasteiger partial charge on any atom is -0.345 e. The molecule has 1 N–H and O–H groups in total. The van der Waals surface area contributed by atoms with Crippen molar-refractivity contribution >= 4 is 11.8 Å². The summed E-state index contributed by atoms with van der Waals surface area (Å²) in [4.78, 5) is 27.6. The summed E-state index contributed by atoms with van der Waals surface area (Å²) < 4.78 is 37.1. The highest BCUT2D eigenvalue weighted by Gasteiger charge is 2.40. The van der Waals surface area contributed by atoms with Crippen molar-refractivity contribution in [3.8, 4) is 0 Å². The van der Waals surface area contributed by atoms with E-state index < -0.39 is 24.0 Å². The standard InChI is InChI=1S/C14H17F3N2O3/c1-19(22-2)12(20)9-11(18-13(21)14(15,16)17)8-10-6-4-3-5-7-10/h3-7,11H,8-9H2,1-2H3,(H,18,21)/t11-/m1/s1. The van der Waals surface area contributed by atoms with Crippen LogP contribution in [-0.4, -0.2) is 43.3 Å². The molecule has 0 radical (unpaired) electrons. The Hall–Kier alpha value is -2.09. The number of halogens is 3. The average Bonchev–Trinajstić information content (AvgIpc) is 2.46. The maximum absolute atomic E-state index is 12.4. The van der Waals surface area contributed by atoms with Gasteiger partial charge in [0.1, 0.15) is 0 Å². The van der Waals surface area contributed by atoms with Crippen LogP contribution in [0.4, 0.5) is 13.2 Å². The summed E-state index contributed by atoms with van der Waals surface area (Å²) in [5.41, 5.74) is 0.711. The molecule has 0 bridgehead atoms. The van der Waals surface area contributed by atoms with Crippen molar-refractivity contribution in [3.05, 3.63) is 35.9 Å². The maximum Gasteiger partial charge on any atom is 0.471 e. The molecule has 1 aromatic rings. The molecular weight excluding hydrogens is 301 g/mol. The third-order valence-corrected chi connectivity index (χ3v) is 2.96. The number of benzene rings is 1. The summed E-state index contributed by atoms with van der Waals surface area (Å²) in [7, 11) is 2.60. The Morgan fingerprint density at radius 3 is 2.36 bits per heavy atom. The molecule has 1 atom stereocenters. The highest BCUT2D eigenvalue weighted by molar-refractivity contribution is 5.83. The molecule has 122 valence electrons. The van der Waals surface area contributed by atoms with Gasteiger partial charge in [-0.25, -0.2) is 5.06 Å². The minimum absolute atomic E-state index is 0.103. The van der Waals surface area contributed by atoms with Gasteiger partial charge in [0.05, 0.1) is 7.11 Å². The smallest absolute Gasteiger partial charge is 0.345 e. The van der Waals surface area contributed by atoms with E-state index in [-0.39, 0.29) is 12.8 Å². The van der Waals surface area contributed by atoms with Gasteiger partial charge in [0.15, 0.2) is 0 Å². The van der Waals surface area contributed by atoms with Crippen molar-refractivity contribution in [2.75, 3.05) is 14.2 Å². The van der Waals surface area contributed by atoms with E-state index in [2.05, 4.69) is 4.84 Å². The van der Waals surface area contributed by atoms with E-state index in [1.54, 1.807) is 30.3 Å². The molecule has 0 saturated heterocycles. The molecule has 5 nitrogen and oxygen atoms in total. The molecule has 0 aromatic heterocycles. The number of alkyl halides is 3. The maximum atomic E-state index is 12.4. The van der Waals surface area contributed by atoms with Gasteiger partial charge in [-0.3, -0.25) is 14.4 Å². The molecule has 1 rings (SSSR count). The molecule has 0 saturated carbocycles. The van der Waals surface area contributed by atoms with E-state index in [1.807, 2.05) is 5.32 Å². The van der Waals surface area contributed by atoms with E-state index in [9.17, 15) is 22.8 Å². The highest BCUT2D eigenvalue weighted by atomic mass is 19.4. The molecule has 8 heteroatoms. The average molecular weight is 318 g/mol. The number of hydrogen-bond acceptors (Lipinski definition) is 3. The van der Waals surface area contributed by atoms with E-state index in [4.69, 9.17) is 0 Å². The first kappa shape index (κ1) is 18.0. The molecule has 0 aliphatic carbocycles. The zero-order valence-electron chi connectivity index (χ0n) is 12.2. The third-order valence-electron chi connectivity index (χ3n) is 2.96. The van der Waals surface area contributed by atoms with Gasteiger partial charge in [0.25, 0.3) is 0 Å². The molecule has 0 unspecified atom stereocenters. The predicted octanol–water partition coefficient (Wildman–Crippen LogP) is 1.69. The van der Waals surface area contributed by atoms with Crippen LogP contribution in [0.25, 0.3) is 0 Å². The van der Waals surface area contributed by atoms with E-state index >= 15 is 0 Å². The Labute approximate surface area is 126 Å². The van der Waals surface area contributed by atoms with Crippen molar-refractivity contribution in [1.82, 2.24) is 10.4 Å². The van der Waals surface area contributed by atoms with Crippen LogP contribution in [0.15, 0.2) is 30.3 Å². The predicted molar refractivity (Wildman–Crippen MR) is 72.5 cm³/mol. The van der Waals surface area contributed by atoms with Crippen molar-refractivity contribution in [1.29, 1.82) is 0 Å². The molecule has 1 aromatic carbocycles. The SMILES string of the molecule is CON(C)C(=O)C[C@@H](Cc1ccccc1)NC(=O)C(F)(F)F. The molecule has 0 fully saturated rings. The van der Waals surface area contributed by atoms with Gasteiger partial charge >= 0.3 is 12.1 Å². The monoisotopic (exact) mass is 318 g/mol. The van der Waals surface area contributed by atoms with Crippen molar-refractivity contribution in [2.45, 2.75) is 25.1 Å². The number of nitrogens with one attached hydrogen (secondary N) is 1. The van der Waals surface area contributed by atoms with Crippen LogP contribution in [0.2, 0.25) is 0 Å². The molecule has 0 spiro atoms. The van der Waals surface area contributed by atoms with Crippen molar-refractivity contribution in [3.63, 3.8) is 0 Å². The lowest BCUT2D eigenvalue weighted by atomic mass is 10.0. The van der Waals surface area contributed by atoms with Crippen LogP contribution in [0.5, 0.6) is 0 Å². The quantitative estimate of drug-likeness (QED) is 0.812. The topological polar surface area (TPSA) is 58.6 Å². The zero-order chi connectivity index (χ0) is 16.8. The van der Waals surface area contributed by atoms with Crippen LogP contribution in [0.3, 0.4) is 0 Å². The van der Waals surface area contributed by atoms with Gasteiger partial charge in [-0.15, -0.1) is 0 Å². The lowest BCUT2D eigenvalue weighted by molar-refractivity contribution is -0.176. The second-order valence-corrected chi connectivity index (χ2v) is 4.64. The summed E-state index contributed by atoms with van der Waals surface area (Å²) in [5.74, 6) is -2.60. The fourth-order valence-corrected chi connectivity index (χ4v) is 1.78. The summed E-state index contributed by atoms with van der Waals surface area (Å²) in [6, 6.07) is 7.63. The number of rotatable bonds is 6. The summed E-state index contributed by atoms with van der Waals surface area (Å²) in [5, 5.41) is 2.75. The van der Waals surface area contributed by atoms with Gasteiger partial charge in [-0.2, -0.15) is 13.2 Å². The second kappa shape index (κ2) is 7.79. The van der Waals surface area contributed by atoms with E-state index in [1.165, 1.54) is 14.2 Å². The fourth-order valence-electron chi connectivity index (χ4n) is 1.78. The molecular formula is C14H17F3N2O3. The first-order chi connectivity index (χ1) is 10.2. The molecule has 0 heterocycles. The van der Waals surface area contributed by atoms with E-state index in [0.717, 1.165) is 5.06 Å². The Balaban J connectivity index is 2.81. The van der Waals surface area contributed by atoms with Crippen LogP contribution in [0, 0.1) is 0 Å². The molecule has 0 aliphatic rings. The number of nitrogens with zero attached hydrogens (tertiary/aromatic N) is 1. The summed E-state index contributed by atoms with van der Waals surface area (Å²) >= 11 is 0. The second-order valence-electron chi connectivity index (χ2n) is 4.64. The molecule has 2 amide bonds. The largest absolute Gasteiger partial charge is 0.471 e. The normalized spacial score (nSPS) is 12.6. The van der Waals surface area contributed by atoms with Crippen LogP contribution in [0.1, 0.15) is 12.0 Å². The summed E-state index contributed by atoms with van der Waals surface area (Å²) in [6.45, 7) is 0. The van der Waals surface area contributed by atoms with Crippen LogP contribution in [-0.2, 0) is 20.8 Å². The van der Waals surface area contributed by atoms with Crippen molar-refractivity contribution in [2.24, 2.45) is 0 Å². The number of hydrogen-bond donors (Lipinski definition) is 1. The van der Waals surface area contributed by atoms with Crippen molar-refractivity contribution < 1.29 is 27.6 Å². The number of carbonyl (C=O) groups excluding carboxylic acids is 2. The lowest BCUT2D eigenvalue weighted by Gasteiger charge is -2.22. The van der Waals surface area contributed by atoms with Crippen LogP contribution < -0.4 is 5.32 Å². The first-order valence-corrected chi connectivity index (χ1v) is 6.46. The Kier molecular flexibility index (Phi) is 6.36. The summed E-state index contributed by atoms with van der Waals surface area (Å²) in [6.07, 6.45) is -5.20. The first-order valence-electron chi connectivity index (χ1n) is 6.46. The Morgan fingerprint density at radius 2 is 1.86 bits per heavy atom. The molecule has 0 aliphatic heterocycles. The highest BCUT2D eigenvalue weighted by Crippen LogP contribution is 2.16. The van der Waals surface area contributed by atoms with Gasteiger partial charge in [-0.1, -0.05) is 30.3 Å². The number of carbonyl (C=O) groups is 2. The van der Waals surface area contributed by atoms with Gasteiger partial charge in [0.2, 0.25) is 5.91 Å². The van der Waals surface area contributed by atoms with Gasteiger partial charge < -0.3 is 5.32 Å². The Morgan fingerprint density at radius 1 is 1.27 bits per heavy atom. The third kappa shape index (κ3) is 5.72. The zero-order valence-corrected chi connectivity index (χ0v) is 12.2. The van der Waals surface area contributed by atoms with Crippen LogP contribution >= 0.6 is 0 Å². The number of hydroxylamine groups is 2. The fraction of sp³-hybridized carbons (Fsp3) is 0.429. The van der Waals surface area contributed by atoms with E-state index in [0.29, 0.717) is 5.56 Å². The van der Waals surface area contributed by atoms with Gasteiger partial charge in [0, 0.05) is 19.5 Å².